The van der Waals surface area contributed by atoms with Crippen LogP contribution >= 0.6 is 0 Å². The van der Waals surface area contributed by atoms with E-state index >= 15 is 0 Å². The molecule has 9 aliphatic heterocycles. The summed E-state index contributed by atoms with van der Waals surface area (Å²) in [6, 6.07) is 0.446. The van der Waals surface area contributed by atoms with Gasteiger partial charge in [0.05, 0.1) is 0 Å². The Labute approximate surface area is 230 Å². The Hall–Kier alpha value is -2.56. The van der Waals surface area contributed by atoms with E-state index in [-0.39, 0.29) is 25.0 Å². The molecule has 0 N–H and O–H groups in total. The molecule has 13 heteroatoms. The summed E-state index contributed by atoms with van der Waals surface area (Å²) in [7, 11) is 0. The molecule has 6 saturated heterocycles. The van der Waals surface area contributed by atoms with Crippen LogP contribution in [-0.4, -0.2) is 107 Å². The molecule has 0 aromatic carbocycles. The van der Waals surface area contributed by atoms with Gasteiger partial charge in [0, 0.05) is 57.2 Å². The maximum Gasteiger partial charge on any atom is 0.221 e. The zero-order chi connectivity index (χ0) is 24.4. The molecule has 1 atom stereocenters. The van der Waals surface area contributed by atoms with Gasteiger partial charge >= 0.3 is 0 Å². The summed E-state index contributed by atoms with van der Waals surface area (Å²) >= 11 is 0. The maximum atomic E-state index is 5.61. The maximum absolute atomic E-state index is 5.61. The van der Waals surface area contributed by atoms with E-state index < -0.39 is 0 Å². The molecular weight excluding hydrogens is 571 g/mol. The number of hydrogen-bond acceptors (Lipinski definition) is 12. The van der Waals surface area contributed by atoms with E-state index in [2.05, 4.69) is 70.2 Å². The van der Waals surface area contributed by atoms with Crippen molar-refractivity contribution in [2.75, 3.05) is 65.8 Å². The van der Waals surface area contributed by atoms with E-state index in [1.54, 1.807) is 0 Å². The third-order valence-corrected chi connectivity index (χ3v) is 7.28. The van der Waals surface area contributed by atoms with Crippen LogP contribution in [0.3, 0.4) is 0 Å². The van der Waals surface area contributed by atoms with Crippen LogP contribution in [0.1, 0.15) is 20.8 Å². The molecule has 6 fully saturated rings. The van der Waals surface area contributed by atoms with Gasteiger partial charge in [-0.05, 0) is 20.8 Å². The molecule has 1 radical (unpaired) electrons. The summed E-state index contributed by atoms with van der Waals surface area (Å²) < 4.78 is 32.9. The Kier molecular flexibility index (Phi) is 6.24. The van der Waals surface area contributed by atoms with Crippen LogP contribution in [0.4, 0.5) is 0 Å². The Morgan fingerprint density at radius 2 is 1.11 bits per heavy atom. The van der Waals surface area contributed by atoms with E-state index in [1.807, 2.05) is 0 Å². The van der Waals surface area contributed by atoms with Crippen LogP contribution in [0.2, 0.25) is 0 Å². The summed E-state index contributed by atoms with van der Waals surface area (Å²) in [4.78, 5) is 12.7. The minimum atomic E-state index is 0. The van der Waals surface area contributed by atoms with Gasteiger partial charge in [-0.3, -0.25) is 0 Å². The molecule has 9 rings (SSSR count). The molecule has 9 aliphatic rings. The van der Waals surface area contributed by atoms with Gasteiger partial charge in [0.15, 0.2) is 0 Å². The summed E-state index contributed by atoms with van der Waals surface area (Å²) in [5.74, 6) is 5.40. The van der Waals surface area contributed by atoms with Gasteiger partial charge in [0.2, 0.25) is 35.3 Å². The molecule has 12 nitrogen and oxygen atoms in total. The van der Waals surface area contributed by atoms with Crippen molar-refractivity contribution >= 4 is 0 Å². The number of hydrogen-bond donors (Lipinski definition) is 0. The molecule has 0 amide bonds. The molecule has 0 aromatic heterocycles. The normalized spacial score (nSPS) is 28.5. The topological polar surface area (TPSA) is 74.8 Å². The van der Waals surface area contributed by atoms with Crippen molar-refractivity contribution in [1.29, 1.82) is 0 Å². The predicted molar refractivity (Wildman–Crippen MR) is 124 cm³/mol. The molecule has 207 valence electrons. The fraction of sp³-hybridized carbons (Fsp3) is 0.625. The van der Waals surface area contributed by atoms with Crippen molar-refractivity contribution in [2.45, 2.75) is 32.4 Å². The fourth-order valence-electron chi connectivity index (χ4n) is 5.26. The van der Waals surface area contributed by atoms with Crippen molar-refractivity contribution < 1.29 is 47.9 Å². The van der Waals surface area contributed by atoms with Crippen LogP contribution in [0, 0.1) is 20.0 Å². The van der Waals surface area contributed by atoms with Gasteiger partial charge in [-0.25, -0.2) is 0 Å². The Morgan fingerprint density at radius 3 is 1.70 bits per heavy atom. The first-order valence-corrected chi connectivity index (χ1v) is 12.7. The van der Waals surface area contributed by atoms with Crippen LogP contribution in [-0.2, 0) is 47.9 Å². The van der Waals surface area contributed by atoms with E-state index in [0.29, 0.717) is 6.04 Å². The Bertz CT molecular complexity index is 998. The number of rotatable bonds is 0. The van der Waals surface area contributed by atoms with Gasteiger partial charge in [-0.15, -0.1) is 20.0 Å². The van der Waals surface area contributed by atoms with E-state index in [9.17, 15) is 0 Å². The van der Waals surface area contributed by atoms with Gasteiger partial charge in [0.25, 0.3) is 0 Å². The Balaban J connectivity index is 0.000000101. The Morgan fingerprint density at radius 1 is 0.622 bits per heavy atom. The smallest absolute Gasteiger partial charge is 0.221 e. The molecule has 0 spiro atoms. The molecule has 9 heterocycles. The first-order valence-electron chi connectivity index (χ1n) is 12.7. The average molecular weight is 604 g/mol. The fourth-order valence-corrected chi connectivity index (χ4v) is 5.26. The van der Waals surface area contributed by atoms with E-state index in [4.69, 9.17) is 28.4 Å². The molecular formula is C24H33N6O6Rh-3. The first-order chi connectivity index (χ1) is 17.5. The average Bonchev–Trinajstić information content (AvgIpc) is 3.66. The second-order valence-corrected chi connectivity index (χ2v) is 10.4. The zero-order valence-corrected chi connectivity index (χ0v) is 23.0. The van der Waals surface area contributed by atoms with E-state index in [0.717, 1.165) is 101 Å². The minimum absolute atomic E-state index is 0. The molecule has 37 heavy (non-hydrogen) atoms. The third-order valence-electron chi connectivity index (χ3n) is 7.28. The van der Waals surface area contributed by atoms with Crippen molar-refractivity contribution in [3.63, 3.8) is 0 Å². The SMILES string of the molecule is CC1(C)COC2=C3OCCN3[CH-]N21.CC1COC2=C3OCCN3[CH-]N21.[CH-]1N2CCOC2=C2OCCN12.[Rh]. The summed E-state index contributed by atoms with van der Waals surface area (Å²) in [5, 5.41) is 0. The quantitative estimate of drug-likeness (QED) is 0.292. The minimum Gasteiger partial charge on any atom is -0.475 e. The molecule has 0 saturated carbocycles. The van der Waals surface area contributed by atoms with Crippen molar-refractivity contribution in [2.24, 2.45) is 0 Å². The third kappa shape index (κ3) is 4.04. The standard InChI is InChI=1S/C9H13N2O2.C8H11N2O2.C7H9N2O2.Rh/c1-9(2)5-13-8-7-10(3-4-12-7)6-11(8)9;1-6-4-12-8-7-9(2-3-11-7)5-10(6)8;1-3-10-6-7-9(2-4-11-7)5-8(1)6;/h6H,3-5H2,1-2H3;5-6H,2-4H2,1H3;5H,1-4H2;/q3*-1;. The van der Waals surface area contributed by atoms with Crippen molar-refractivity contribution in [3.05, 3.63) is 55.3 Å². The summed E-state index contributed by atoms with van der Waals surface area (Å²) in [6.45, 7) is 21.1. The first kappa shape index (κ1) is 24.8. The van der Waals surface area contributed by atoms with E-state index in [1.165, 1.54) is 0 Å². The van der Waals surface area contributed by atoms with Crippen LogP contribution < -0.4 is 0 Å². The monoisotopic (exact) mass is 604 g/mol. The molecule has 0 aliphatic carbocycles. The van der Waals surface area contributed by atoms with Crippen LogP contribution in [0.5, 0.6) is 0 Å². The number of fused-ring (bicyclic) bond motifs is 6. The molecule has 0 bridgehead atoms. The van der Waals surface area contributed by atoms with Crippen molar-refractivity contribution in [3.8, 4) is 0 Å². The van der Waals surface area contributed by atoms with Gasteiger partial charge in [-0.2, -0.15) is 0 Å². The zero-order valence-electron chi connectivity index (χ0n) is 21.3. The summed E-state index contributed by atoms with van der Waals surface area (Å²) in [5.41, 5.74) is 0.0655. The van der Waals surface area contributed by atoms with Gasteiger partial charge in [-0.1, -0.05) is 0 Å². The second kappa shape index (κ2) is 9.32. The van der Waals surface area contributed by atoms with Crippen LogP contribution in [0.25, 0.3) is 0 Å². The number of ether oxygens (including phenoxy) is 6. The summed E-state index contributed by atoms with van der Waals surface area (Å²) in [6.07, 6.45) is 0. The molecule has 0 aromatic rings. The van der Waals surface area contributed by atoms with Crippen LogP contribution in [0.15, 0.2) is 35.3 Å². The van der Waals surface area contributed by atoms with Gasteiger partial charge in [0.1, 0.15) is 39.6 Å². The largest absolute Gasteiger partial charge is 0.475 e. The van der Waals surface area contributed by atoms with Gasteiger partial charge < -0.3 is 57.8 Å². The predicted octanol–water partition coefficient (Wildman–Crippen LogP) is 0.895. The molecule has 1 unspecified atom stereocenters. The second-order valence-electron chi connectivity index (χ2n) is 10.4. The van der Waals surface area contributed by atoms with Crippen molar-refractivity contribution in [1.82, 2.24) is 29.4 Å². The number of nitrogens with zero attached hydrogens (tertiary/aromatic N) is 6.